The number of piperidine rings is 1. The smallest absolute Gasteiger partial charge is 0.247 e. The molecule has 30 heavy (non-hydrogen) atoms. The summed E-state index contributed by atoms with van der Waals surface area (Å²) in [7, 11) is 0. The summed E-state index contributed by atoms with van der Waals surface area (Å²) in [6.07, 6.45) is 2.97. The lowest BCUT2D eigenvalue weighted by Gasteiger charge is -2.43. The van der Waals surface area contributed by atoms with Crippen molar-refractivity contribution in [1.29, 1.82) is 0 Å². The third-order valence-corrected chi connectivity index (χ3v) is 6.66. The zero-order valence-corrected chi connectivity index (χ0v) is 18.1. The van der Waals surface area contributed by atoms with E-state index in [9.17, 15) is 9.59 Å². The maximum Gasteiger partial charge on any atom is 0.247 e. The highest BCUT2D eigenvalue weighted by Crippen LogP contribution is 2.36. The summed E-state index contributed by atoms with van der Waals surface area (Å²) < 4.78 is 0. The number of ketones is 1. The van der Waals surface area contributed by atoms with Crippen LogP contribution in [-0.2, 0) is 4.79 Å². The molecule has 2 aliphatic heterocycles. The summed E-state index contributed by atoms with van der Waals surface area (Å²) in [6, 6.07) is 15.5. The normalized spacial score (nSPS) is 18.6. The molecular formula is C24H28ClN3O2. The number of halogens is 1. The minimum atomic E-state index is -0.484. The number of aryl methyl sites for hydroxylation is 1. The Balaban J connectivity index is 1.31. The average molecular weight is 426 g/mol. The van der Waals surface area contributed by atoms with Gasteiger partial charge in [-0.1, -0.05) is 41.4 Å². The van der Waals surface area contributed by atoms with E-state index in [1.165, 1.54) is 0 Å². The Labute approximate surface area is 183 Å². The molecule has 1 spiro atoms. The quantitative estimate of drug-likeness (QED) is 0.709. The molecule has 2 saturated heterocycles. The van der Waals surface area contributed by atoms with Crippen molar-refractivity contribution in [2.24, 2.45) is 0 Å². The second kappa shape index (κ2) is 8.78. The Hall–Kier alpha value is -2.37. The predicted molar refractivity (Wildman–Crippen MR) is 120 cm³/mol. The molecule has 2 aromatic carbocycles. The number of hydrogen-bond acceptors (Lipinski definition) is 4. The number of Topliss-reactive ketones (excluding diaryl/α,β-unsaturated/α-hetero) is 1. The van der Waals surface area contributed by atoms with Gasteiger partial charge in [-0.25, -0.2) is 0 Å². The Bertz CT molecular complexity index is 903. The minimum Gasteiger partial charge on any atom is -0.339 e. The molecule has 0 aliphatic carbocycles. The van der Waals surface area contributed by atoms with Crippen LogP contribution in [0.5, 0.6) is 0 Å². The molecule has 2 aromatic rings. The van der Waals surface area contributed by atoms with Crippen LogP contribution in [-0.4, -0.2) is 48.4 Å². The molecule has 1 N–H and O–H groups in total. The van der Waals surface area contributed by atoms with Crippen LogP contribution >= 0.6 is 11.6 Å². The van der Waals surface area contributed by atoms with Crippen LogP contribution in [0.1, 0.15) is 41.6 Å². The lowest BCUT2D eigenvalue weighted by molar-refractivity contribution is -0.125. The molecule has 0 unspecified atom stereocenters. The lowest BCUT2D eigenvalue weighted by Crippen LogP contribution is -2.56. The molecule has 4 rings (SSSR count). The molecule has 2 aliphatic rings. The largest absolute Gasteiger partial charge is 0.339 e. The van der Waals surface area contributed by atoms with E-state index >= 15 is 0 Å². The maximum absolute atomic E-state index is 12.8. The summed E-state index contributed by atoms with van der Waals surface area (Å²) >= 11 is 6.03. The molecule has 0 aromatic heterocycles. The van der Waals surface area contributed by atoms with Gasteiger partial charge in [-0.05, 0) is 57.0 Å². The number of nitrogens with one attached hydrogen (secondary N) is 1. The zero-order chi connectivity index (χ0) is 21.1. The number of benzene rings is 2. The number of carbonyl (C=O) groups excluding carboxylic acids is 2. The van der Waals surface area contributed by atoms with Crippen LogP contribution in [0.4, 0.5) is 5.69 Å². The van der Waals surface area contributed by atoms with Crippen molar-refractivity contribution >= 4 is 29.0 Å². The molecule has 2 fully saturated rings. The summed E-state index contributed by atoms with van der Waals surface area (Å²) in [4.78, 5) is 29.7. The first-order valence-electron chi connectivity index (χ1n) is 10.6. The van der Waals surface area contributed by atoms with E-state index in [1.807, 2.05) is 55.5 Å². The van der Waals surface area contributed by atoms with Crippen molar-refractivity contribution in [3.63, 3.8) is 0 Å². The molecule has 0 saturated carbocycles. The molecule has 0 atom stereocenters. The van der Waals surface area contributed by atoms with Crippen LogP contribution in [0.3, 0.4) is 0 Å². The van der Waals surface area contributed by atoms with Gasteiger partial charge in [0.05, 0.1) is 6.67 Å². The number of amides is 1. The van der Waals surface area contributed by atoms with Crippen LogP contribution in [0, 0.1) is 6.92 Å². The second-order valence-electron chi connectivity index (χ2n) is 8.33. The van der Waals surface area contributed by atoms with E-state index in [4.69, 9.17) is 11.6 Å². The Morgan fingerprint density at radius 3 is 2.40 bits per heavy atom. The van der Waals surface area contributed by atoms with Crippen molar-refractivity contribution in [2.45, 2.75) is 38.1 Å². The minimum absolute atomic E-state index is 0.117. The van der Waals surface area contributed by atoms with Gasteiger partial charge in [0.2, 0.25) is 5.91 Å². The fourth-order valence-electron chi connectivity index (χ4n) is 4.54. The number of carbonyl (C=O) groups is 2. The highest BCUT2D eigenvalue weighted by molar-refractivity contribution is 6.30. The van der Waals surface area contributed by atoms with Crippen molar-refractivity contribution in [3.8, 4) is 0 Å². The monoisotopic (exact) mass is 425 g/mol. The van der Waals surface area contributed by atoms with E-state index in [1.54, 1.807) is 0 Å². The predicted octanol–water partition coefficient (Wildman–Crippen LogP) is 4.04. The van der Waals surface area contributed by atoms with Gasteiger partial charge >= 0.3 is 0 Å². The van der Waals surface area contributed by atoms with Gasteiger partial charge < -0.3 is 15.1 Å². The van der Waals surface area contributed by atoms with Gasteiger partial charge in [0, 0.05) is 35.8 Å². The topological polar surface area (TPSA) is 52.7 Å². The van der Waals surface area contributed by atoms with E-state index in [-0.39, 0.29) is 11.7 Å². The second-order valence-corrected chi connectivity index (χ2v) is 8.77. The lowest BCUT2D eigenvalue weighted by atomic mass is 9.85. The fraction of sp³-hybridized carbons (Fsp3) is 0.417. The first-order chi connectivity index (χ1) is 14.5. The van der Waals surface area contributed by atoms with Gasteiger partial charge in [0.15, 0.2) is 5.78 Å². The van der Waals surface area contributed by atoms with Crippen molar-refractivity contribution in [3.05, 3.63) is 64.7 Å². The third kappa shape index (κ3) is 4.23. The Morgan fingerprint density at radius 1 is 1.07 bits per heavy atom. The SMILES string of the molecule is Cc1ccc(C(=O)CCCN2CCC3(CC2)C(=O)NCN3c2ccc(Cl)cc2)cc1. The third-order valence-electron chi connectivity index (χ3n) is 6.41. The van der Waals surface area contributed by atoms with E-state index < -0.39 is 5.54 Å². The highest BCUT2D eigenvalue weighted by atomic mass is 35.5. The van der Waals surface area contributed by atoms with Gasteiger partial charge in [-0.15, -0.1) is 0 Å². The van der Waals surface area contributed by atoms with E-state index in [0.717, 1.165) is 55.7 Å². The zero-order valence-electron chi connectivity index (χ0n) is 17.4. The van der Waals surface area contributed by atoms with Crippen molar-refractivity contribution in [1.82, 2.24) is 10.2 Å². The number of likely N-dealkylation sites (tertiary alicyclic amines) is 1. The van der Waals surface area contributed by atoms with Gasteiger partial charge in [-0.2, -0.15) is 0 Å². The van der Waals surface area contributed by atoms with Crippen LogP contribution in [0.2, 0.25) is 5.02 Å². The Morgan fingerprint density at radius 2 is 1.73 bits per heavy atom. The number of hydrogen-bond donors (Lipinski definition) is 1. The standard InChI is InChI=1S/C24H28ClN3O2/c1-18-4-6-19(7-5-18)22(29)3-2-14-27-15-12-24(13-16-27)23(30)26-17-28(24)21-10-8-20(25)9-11-21/h4-11H,2-3,12-17H2,1H3,(H,26,30). The average Bonchev–Trinajstić information content (AvgIpc) is 3.06. The molecular weight excluding hydrogens is 398 g/mol. The first kappa shape index (κ1) is 20.9. The molecule has 2 heterocycles. The van der Waals surface area contributed by atoms with Crippen molar-refractivity contribution < 1.29 is 9.59 Å². The maximum atomic E-state index is 12.8. The number of nitrogens with zero attached hydrogens (tertiary/aromatic N) is 2. The number of rotatable bonds is 6. The molecule has 0 bridgehead atoms. The van der Waals surface area contributed by atoms with Crippen LogP contribution in [0.15, 0.2) is 48.5 Å². The highest BCUT2D eigenvalue weighted by Gasteiger charge is 2.50. The Kier molecular flexibility index (Phi) is 6.11. The molecule has 0 radical (unpaired) electrons. The van der Waals surface area contributed by atoms with Gasteiger partial charge in [0.25, 0.3) is 0 Å². The van der Waals surface area contributed by atoms with E-state index in [0.29, 0.717) is 18.1 Å². The first-order valence-corrected chi connectivity index (χ1v) is 11.0. The van der Waals surface area contributed by atoms with Crippen molar-refractivity contribution in [2.75, 3.05) is 31.2 Å². The molecule has 6 heteroatoms. The van der Waals surface area contributed by atoms with Gasteiger partial charge in [-0.3, -0.25) is 9.59 Å². The summed E-state index contributed by atoms with van der Waals surface area (Å²) in [5.41, 5.74) is 2.49. The molecule has 5 nitrogen and oxygen atoms in total. The van der Waals surface area contributed by atoms with E-state index in [2.05, 4.69) is 15.1 Å². The summed E-state index contributed by atoms with van der Waals surface area (Å²) in [5, 5.41) is 3.72. The van der Waals surface area contributed by atoms with Crippen LogP contribution in [0.25, 0.3) is 0 Å². The van der Waals surface area contributed by atoms with Gasteiger partial charge in [0.1, 0.15) is 5.54 Å². The fourth-order valence-corrected chi connectivity index (χ4v) is 4.67. The van der Waals surface area contributed by atoms with Crippen LogP contribution < -0.4 is 10.2 Å². The number of anilines is 1. The molecule has 158 valence electrons. The molecule has 1 amide bonds. The summed E-state index contributed by atoms with van der Waals surface area (Å²) in [6.45, 7) is 5.16. The summed E-state index contributed by atoms with van der Waals surface area (Å²) in [5.74, 6) is 0.319.